The van der Waals surface area contributed by atoms with Gasteiger partial charge in [0.2, 0.25) is 0 Å². The highest BCUT2D eigenvalue weighted by molar-refractivity contribution is 9.10. The molecule has 0 fully saturated rings. The van der Waals surface area contributed by atoms with Crippen LogP contribution in [-0.2, 0) is 4.79 Å². The van der Waals surface area contributed by atoms with Gasteiger partial charge in [0.1, 0.15) is 0 Å². The zero-order valence-corrected chi connectivity index (χ0v) is 12.5. The highest BCUT2D eigenvalue weighted by Gasteiger charge is 2.08. The molecule has 0 aromatic heterocycles. The number of hydrogen-bond donors (Lipinski definition) is 2. The first-order chi connectivity index (χ1) is 10.1. The van der Waals surface area contributed by atoms with E-state index in [4.69, 9.17) is 5.11 Å². The van der Waals surface area contributed by atoms with Gasteiger partial charge in [-0.1, -0.05) is 24.3 Å². The fraction of sp³-hybridized carbons (Fsp3) is 0. The van der Waals surface area contributed by atoms with Crippen LogP contribution in [0.5, 0.6) is 0 Å². The monoisotopic (exact) mass is 345 g/mol. The molecule has 21 heavy (non-hydrogen) atoms. The molecule has 0 saturated carbocycles. The van der Waals surface area contributed by atoms with Crippen molar-refractivity contribution in [3.05, 3.63) is 70.2 Å². The Balaban J connectivity index is 2.21. The molecular weight excluding hydrogens is 334 g/mol. The fourth-order valence-electron chi connectivity index (χ4n) is 1.69. The summed E-state index contributed by atoms with van der Waals surface area (Å²) in [4.78, 5) is 22.6. The summed E-state index contributed by atoms with van der Waals surface area (Å²) in [5, 5.41) is 11.4. The number of carbonyl (C=O) groups is 2. The van der Waals surface area contributed by atoms with Crippen molar-refractivity contribution in [2.45, 2.75) is 0 Å². The van der Waals surface area contributed by atoms with Crippen LogP contribution in [0.2, 0.25) is 0 Å². The van der Waals surface area contributed by atoms with Crippen molar-refractivity contribution in [3.8, 4) is 0 Å². The zero-order valence-electron chi connectivity index (χ0n) is 10.9. The van der Waals surface area contributed by atoms with Gasteiger partial charge < -0.3 is 10.4 Å². The quantitative estimate of drug-likeness (QED) is 0.828. The smallest absolute Gasteiger partial charge is 0.328 e. The van der Waals surface area contributed by atoms with Gasteiger partial charge in [-0.25, -0.2) is 4.79 Å². The van der Waals surface area contributed by atoms with Gasteiger partial charge >= 0.3 is 5.97 Å². The van der Waals surface area contributed by atoms with Crippen molar-refractivity contribution in [3.63, 3.8) is 0 Å². The van der Waals surface area contributed by atoms with E-state index in [2.05, 4.69) is 21.2 Å². The Morgan fingerprint density at radius 3 is 2.48 bits per heavy atom. The third kappa shape index (κ3) is 4.29. The van der Waals surface area contributed by atoms with Crippen LogP contribution in [0.4, 0.5) is 5.69 Å². The molecule has 0 radical (unpaired) electrons. The molecule has 2 rings (SSSR count). The third-order valence-corrected chi connectivity index (χ3v) is 3.38. The first kappa shape index (κ1) is 15.0. The maximum absolute atomic E-state index is 12.1. The Morgan fingerprint density at radius 1 is 1.10 bits per heavy atom. The highest BCUT2D eigenvalue weighted by atomic mass is 79.9. The number of anilines is 1. The molecule has 0 aliphatic rings. The molecule has 2 aromatic rings. The summed E-state index contributed by atoms with van der Waals surface area (Å²) in [6.45, 7) is 0. The minimum absolute atomic E-state index is 0.226. The Morgan fingerprint density at radius 2 is 1.81 bits per heavy atom. The van der Waals surface area contributed by atoms with Crippen LogP contribution >= 0.6 is 15.9 Å². The summed E-state index contributed by atoms with van der Waals surface area (Å²) in [5.74, 6) is -1.25. The fourth-order valence-corrected chi connectivity index (χ4v) is 2.04. The predicted molar refractivity (Wildman–Crippen MR) is 85.2 cm³/mol. The van der Waals surface area contributed by atoms with Crippen LogP contribution in [0.25, 0.3) is 6.08 Å². The van der Waals surface area contributed by atoms with Crippen molar-refractivity contribution in [2.75, 3.05) is 5.32 Å². The second-order valence-electron chi connectivity index (χ2n) is 4.23. The summed E-state index contributed by atoms with van der Waals surface area (Å²) in [7, 11) is 0. The van der Waals surface area contributed by atoms with E-state index in [-0.39, 0.29) is 5.91 Å². The van der Waals surface area contributed by atoms with E-state index in [1.54, 1.807) is 42.5 Å². The molecule has 0 unspecified atom stereocenters. The lowest BCUT2D eigenvalue weighted by Gasteiger charge is -2.08. The molecule has 0 bridgehead atoms. The van der Waals surface area contributed by atoms with Crippen molar-refractivity contribution in [1.29, 1.82) is 0 Å². The lowest BCUT2D eigenvalue weighted by Crippen LogP contribution is -2.12. The van der Waals surface area contributed by atoms with E-state index >= 15 is 0 Å². The number of benzene rings is 2. The average molecular weight is 346 g/mol. The molecule has 0 spiro atoms. The largest absolute Gasteiger partial charge is 0.478 e. The molecule has 2 aromatic carbocycles. The molecule has 2 N–H and O–H groups in total. The number of amides is 1. The van der Waals surface area contributed by atoms with Crippen LogP contribution < -0.4 is 5.32 Å². The maximum Gasteiger partial charge on any atom is 0.328 e. The standard InChI is InChI=1S/C16H12BrNO3/c17-13-8-6-11(7-9-15(19)20)10-14(13)18-16(21)12-4-2-1-3-5-12/h1-10H,(H,18,21)(H,19,20)/b9-7+. The number of halogens is 1. The average Bonchev–Trinajstić information content (AvgIpc) is 2.48. The van der Waals surface area contributed by atoms with Gasteiger partial charge in [-0.05, 0) is 51.8 Å². The minimum atomic E-state index is -1.02. The molecule has 106 valence electrons. The second-order valence-corrected chi connectivity index (χ2v) is 5.09. The Hall–Kier alpha value is -2.40. The Bertz CT molecular complexity index is 696. The van der Waals surface area contributed by atoms with Gasteiger partial charge in [-0.3, -0.25) is 4.79 Å². The Labute approximate surface area is 130 Å². The number of nitrogens with one attached hydrogen (secondary N) is 1. The van der Waals surface area contributed by atoms with E-state index in [0.29, 0.717) is 16.8 Å². The van der Waals surface area contributed by atoms with Crippen molar-refractivity contribution < 1.29 is 14.7 Å². The van der Waals surface area contributed by atoms with E-state index in [1.807, 2.05) is 6.07 Å². The molecule has 0 aliphatic carbocycles. The van der Waals surface area contributed by atoms with Crippen LogP contribution in [0.1, 0.15) is 15.9 Å². The first-order valence-corrected chi connectivity index (χ1v) is 6.92. The molecular formula is C16H12BrNO3. The predicted octanol–water partition coefficient (Wildman–Crippen LogP) is 3.80. The number of hydrogen-bond acceptors (Lipinski definition) is 2. The van der Waals surface area contributed by atoms with Crippen LogP contribution in [0, 0.1) is 0 Å². The second kappa shape index (κ2) is 6.85. The van der Waals surface area contributed by atoms with Crippen molar-refractivity contribution in [1.82, 2.24) is 0 Å². The molecule has 0 atom stereocenters. The molecule has 4 nitrogen and oxygen atoms in total. The number of carbonyl (C=O) groups excluding carboxylic acids is 1. The highest BCUT2D eigenvalue weighted by Crippen LogP contribution is 2.24. The summed E-state index contributed by atoms with van der Waals surface area (Å²) in [6.07, 6.45) is 2.51. The van der Waals surface area contributed by atoms with E-state index in [9.17, 15) is 9.59 Å². The summed E-state index contributed by atoms with van der Waals surface area (Å²) < 4.78 is 0.722. The number of rotatable bonds is 4. The molecule has 0 saturated heterocycles. The van der Waals surface area contributed by atoms with Crippen molar-refractivity contribution in [2.24, 2.45) is 0 Å². The van der Waals surface area contributed by atoms with E-state index in [0.717, 1.165) is 10.5 Å². The van der Waals surface area contributed by atoms with E-state index in [1.165, 1.54) is 6.08 Å². The van der Waals surface area contributed by atoms with Gasteiger partial charge in [-0.15, -0.1) is 0 Å². The van der Waals surface area contributed by atoms with Gasteiger partial charge in [0.05, 0.1) is 5.69 Å². The molecule has 0 aliphatic heterocycles. The number of aliphatic carboxylic acids is 1. The molecule has 0 heterocycles. The molecule has 5 heteroatoms. The van der Waals surface area contributed by atoms with Gasteiger partial charge in [0.15, 0.2) is 0 Å². The maximum atomic E-state index is 12.1. The number of carboxylic acids is 1. The summed E-state index contributed by atoms with van der Waals surface area (Å²) >= 11 is 3.36. The lowest BCUT2D eigenvalue weighted by molar-refractivity contribution is -0.131. The normalized spacial score (nSPS) is 10.5. The third-order valence-electron chi connectivity index (χ3n) is 2.69. The topological polar surface area (TPSA) is 66.4 Å². The van der Waals surface area contributed by atoms with Gasteiger partial charge in [0.25, 0.3) is 5.91 Å². The summed E-state index contributed by atoms with van der Waals surface area (Å²) in [6, 6.07) is 14.1. The SMILES string of the molecule is O=C(O)/C=C/c1ccc(Br)c(NC(=O)c2ccccc2)c1. The van der Waals surface area contributed by atoms with Crippen molar-refractivity contribution >= 4 is 39.6 Å². The minimum Gasteiger partial charge on any atom is -0.478 e. The number of carboxylic acid groups (broad SMARTS) is 1. The van der Waals surface area contributed by atoms with Crippen LogP contribution in [0.15, 0.2) is 59.1 Å². The van der Waals surface area contributed by atoms with Gasteiger partial charge in [-0.2, -0.15) is 0 Å². The first-order valence-electron chi connectivity index (χ1n) is 6.13. The molecule has 1 amide bonds. The summed E-state index contributed by atoms with van der Waals surface area (Å²) in [5.41, 5.74) is 1.82. The van der Waals surface area contributed by atoms with Gasteiger partial charge in [0, 0.05) is 16.1 Å². The Kier molecular flexibility index (Phi) is 4.90. The van der Waals surface area contributed by atoms with E-state index < -0.39 is 5.97 Å². The zero-order chi connectivity index (χ0) is 15.2. The van der Waals surface area contributed by atoms with Crippen LogP contribution in [0.3, 0.4) is 0 Å². The van der Waals surface area contributed by atoms with Crippen LogP contribution in [-0.4, -0.2) is 17.0 Å². The lowest BCUT2D eigenvalue weighted by atomic mass is 10.1.